The number of benzene rings is 1. The standard InChI is InChI=1S/C11H12Cl2/c1-2-9-10(7-3-4-7)5-8(12)6-11(9)13/h5-7H,2-4H2,1H3. The molecule has 0 amide bonds. The van der Waals surface area contributed by atoms with Gasteiger partial charge in [-0.1, -0.05) is 30.1 Å². The summed E-state index contributed by atoms with van der Waals surface area (Å²) >= 11 is 12.1. The molecule has 0 N–H and O–H groups in total. The Kier molecular flexibility index (Phi) is 2.53. The van der Waals surface area contributed by atoms with Crippen molar-refractivity contribution >= 4 is 23.2 Å². The zero-order valence-corrected chi connectivity index (χ0v) is 9.12. The number of hydrogen-bond acceptors (Lipinski definition) is 0. The fraction of sp³-hybridized carbons (Fsp3) is 0.455. The van der Waals surface area contributed by atoms with Crippen LogP contribution in [0.25, 0.3) is 0 Å². The van der Waals surface area contributed by atoms with E-state index in [1.54, 1.807) is 0 Å². The van der Waals surface area contributed by atoms with Gasteiger partial charge in [0.05, 0.1) is 0 Å². The molecule has 0 heterocycles. The second-order valence-electron chi connectivity index (χ2n) is 3.58. The normalized spacial score (nSPS) is 16.2. The van der Waals surface area contributed by atoms with Gasteiger partial charge in [0.25, 0.3) is 0 Å². The average molecular weight is 215 g/mol. The monoisotopic (exact) mass is 214 g/mol. The van der Waals surface area contributed by atoms with E-state index in [2.05, 4.69) is 13.0 Å². The minimum atomic E-state index is 0.728. The third-order valence-corrected chi connectivity index (χ3v) is 3.12. The molecule has 0 unspecified atom stereocenters. The van der Waals surface area contributed by atoms with Crippen molar-refractivity contribution in [2.24, 2.45) is 0 Å². The second kappa shape index (κ2) is 3.51. The van der Waals surface area contributed by atoms with Gasteiger partial charge in [-0.15, -0.1) is 0 Å². The molecular weight excluding hydrogens is 203 g/mol. The zero-order valence-electron chi connectivity index (χ0n) is 7.61. The maximum Gasteiger partial charge on any atom is 0.0455 e. The Morgan fingerprint density at radius 1 is 1.31 bits per heavy atom. The van der Waals surface area contributed by atoms with Gasteiger partial charge in [-0.3, -0.25) is 0 Å². The molecule has 70 valence electrons. The largest absolute Gasteiger partial charge is 0.0843 e. The van der Waals surface area contributed by atoms with E-state index in [-0.39, 0.29) is 0 Å². The molecule has 0 bridgehead atoms. The van der Waals surface area contributed by atoms with Crippen molar-refractivity contribution in [3.63, 3.8) is 0 Å². The smallest absolute Gasteiger partial charge is 0.0455 e. The van der Waals surface area contributed by atoms with Gasteiger partial charge in [-0.25, -0.2) is 0 Å². The Bertz CT molecular complexity index is 327. The molecular formula is C11H12Cl2. The van der Waals surface area contributed by atoms with E-state index < -0.39 is 0 Å². The Morgan fingerprint density at radius 3 is 2.54 bits per heavy atom. The summed E-state index contributed by atoms with van der Waals surface area (Å²) in [6.45, 7) is 2.14. The highest BCUT2D eigenvalue weighted by molar-refractivity contribution is 6.35. The van der Waals surface area contributed by atoms with Crippen LogP contribution in [0.1, 0.15) is 36.8 Å². The molecule has 0 nitrogen and oxygen atoms in total. The lowest BCUT2D eigenvalue weighted by molar-refractivity contribution is 1.03. The summed E-state index contributed by atoms with van der Waals surface area (Å²) in [6, 6.07) is 3.91. The molecule has 1 aliphatic carbocycles. The maximum atomic E-state index is 6.12. The van der Waals surface area contributed by atoms with Crippen LogP contribution in [0.3, 0.4) is 0 Å². The van der Waals surface area contributed by atoms with Gasteiger partial charge in [0.2, 0.25) is 0 Å². The third kappa shape index (κ3) is 1.84. The summed E-state index contributed by atoms with van der Waals surface area (Å²) in [7, 11) is 0. The van der Waals surface area contributed by atoms with Crippen LogP contribution >= 0.6 is 23.2 Å². The van der Waals surface area contributed by atoms with Gasteiger partial charge in [0.1, 0.15) is 0 Å². The lowest BCUT2D eigenvalue weighted by Gasteiger charge is -2.09. The first kappa shape index (κ1) is 9.36. The summed E-state index contributed by atoms with van der Waals surface area (Å²) in [5.74, 6) is 0.728. The summed E-state index contributed by atoms with van der Waals surface area (Å²) < 4.78 is 0. The van der Waals surface area contributed by atoms with Crippen molar-refractivity contribution in [3.8, 4) is 0 Å². The molecule has 0 aromatic heterocycles. The van der Waals surface area contributed by atoms with Crippen LogP contribution in [0.2, 0.25) is 10.0 Å². The van der Waals surface area contributed by atoms with Crippen molar-refractivity contribution in [2.45, 2.75) is 32.1 Å². The van der Waals surface area contributed by atoms with E-state index in [1.165, 1.54) is 24.0 Å². The van der Waals surface area contributed by atoms with Gasteiger partial charge in [-0.05, 0) is 48.4 Å². The molecule has 0 atom stereocenters. The molecule has 1 aromatic carbocycles. The number of rotatable bonds is 2. The van der Waals surface area contributed by atoms with Crippen LogP contribution in [-0.2, 0) is 6.42 Å². The van der Waals surface area contributed by atoms with Gasteiger partial charge < -0.3 is 0 Å². The first-order valence-corrected chi connectivity index (χ1v) is 5.45. The summed E-state index contributed by atoms with van der Waals surface area (Å²) in [5, 5.41) is 1.60. The Morgan fingerprint density at radius 2 is 2.00 bits per heavy atom. The van der Waals surface area contributed by atoms with Crippen LogP contribution in [0, 0.1) is 0 Å². The predicted molar refractivity (Wildman–Crippen MR) is 57.8 cm³/mol. The molecule has 1 saturated carbocycles. The molecule has 0 spiro atoms. The van der Waals surface area contributed by atoms with Gasteiger partial charge in [0.15, 0.2) is 0 Å². The van der Waals surface area contributed by atoms with Crippen molar-refractivity contribution < 1.29 is 0 Å². The topological polar surface area (TPSA) is 0 Å². The van der Waals surface area contributed by atoms with E-state index in [0.717, 1.165) is 22.4 Å². The fourth-order valence-electron chi connectivity index (χ4n) is 1.75. The van der Waals surface area contributed by atoms with E-state index in [4.69, 9.17) is 23.2 Å². The number of halogens is 2. The van der Waals surface area contributed by atoms with Crippen molar-refractivity contribution in [2.75, 3.05) is 0 Å². The summed E-state index contributed by atoms with van der Waals surface area (Å²) in [6.07, 6.45) is 3.59. The SMILES string of the molecule is CCc1c(Cl)cc(Cl)cc1C1CC1. The summed E-state index contributed by atoms with van der Waals surface area (Å²) in [4.78, 5) is 0. The molecule has 1 aromatic rings. The van der Waals surface area contributed by atoms with Crippen molar-refractivity contribution in [1.29, 1.82) is 0 Å². The molecule has 0 saturated heterocycles. The maximum absolute atomic E-state index is 6.12. The average Bonchev–Trinajstić information content (AvgIpc) is 2.85. The predicted octanol–water partition coefficient (Wildman–Crippen LogP) is 4.43. The van der Waals surface area contributed by atoms with Gasteiger partial charge in [-0.2, -0.15) is 0 Å². The molecule has 2 rings (SSSR count). The van der Waals surface area contributed by atoms with E-state index in [9.17, 15) is 0 Å². The van der Waals surface area contributed by atoms with Crippen molar-refractivity contribution in [1.82, 2.24) is 0 Å². The lowest BCUT2D eigenvalue weighted by Crippen LogP contribution is -1.91. The van der Waals surface area contributed by atoms with E-state index >= 15 is 0 Å². The van der Waals surface area contributed by atoms with E-state index in [1.807, 2.05) is 6.07 Å². The molecule has 1 fully saturated rings. The molecule has 1 aliphatic rings. The molecule has 0 aliphatic heterocycles. The summed E-state index contributed by atoms with van der Waals surface area (Å²) in [5.41, 5.74) is 2.66. The van der Waals surface area contributed by atoms with Gasteiger partial charge >= 0.3 is 0 Å². The van der Waals surface area contributed by atoms with Crippen LogP contribution in [-0.4, -0.2) is 0 Å². The first-order valence-electron chi connectivity index (χ1n) is 4.70. The first-order chi connectivity index (χ1) is 6.22. The molecule has 0 radical (unpaired) electrons. The van der Waals surface area contributed by atoms with Crippen molar-refractivity contribution in [3.05, 3.63) is 33.3 Å². The molecule has 13 heavy (non-hydrogen) atoms. The highest BCUT2D eigenvalue weighted by Gasteiger charge is 2.26. The quantitative estimate of drug-likeness (QED) is 0.684. The minimum absolute atomic E-state index is 0.728. The Labute approximate surface area is 88.9 Å². The third-order valence-electron chi connectivity index (χ3n) is 2.57. The van der Waals surface area contributed by atoms with Crippen LogP contribution in [0.15, 0.2) is 12.1 Å². The fourth-order valence-corrected chi connectivity index (χ4v) is 2.40. The Hall–Kier alpha value is -0.200. The van der Waals surface area contributed by atoms with Gasteiger partial charge in [0, 0.05) is 10.0 Å². The minimum Gasteiger partial charge on any atom is -0.0843 e. The van der Waals surface area contributed by atoms with E-state index in [0.29, 0.717) is 0 Å². The number of hydrogen-bond donors (Lipinski definition) is 0. The van der Waals surface area contributed by atoms with Crippen LogP contribution < -0.4 is 0 Å². The second-order valence-corrected chi connectivity index (χ2v) is 4.43. The Balaban J connectivity index is 2.50. The molecule has 2 heteroatoms. The zero-order chi connectivity index (χ0) is 9.42. The van der Waals surface area contributed by atoms with Crippen LogP contribution in [0.5, 0.6) is 0 Å². The lowest BCUT2D eigenvalue weighted by atomic mass is 10.0. The highest BCUT2D eigenvalue weighted by atomic mass is 35.5. The van der Waals surface area contributed by atoms with Crippen LogP contribution in [0.4, 0.5) is 0 Å². The highest BCUT2D eigenvalue weighted by Crippen LogP contribution is 2.44.